The molecule has 3 heterocycles. The molecule has 1 saturated carbocycles. The quantitative estimate of drug-likeness (QED) is 0.478. The van der Waals surface area contributed by atoms with Crippen molar-refractivity contribution in [2.24, 2.45) is 15.4 Å². The fraction of sp³-hybridized carbons (Fsp3) is 0.680. The van der Waals surface area contributed by atoms with Crippen LogP contribution in [-0.2, 0) is 9.47 Å². The van der Waals surface area contributed by atoms with Crippen molar-refractivity contribution in [3.63, 3.8) is 0 Å². The van der Waals surface area contributed by atoms with Crippen molar-refractivity contribution in [1.82, 2.24) is 15.6 Å². The van der Waals surface area contributed by atoms with E-state index in [1.165, 1.54) is 0 Å². The van der Waals surface area contributed by atoms with Gasteiger partial charge in [0, 0.05) is 70.2 Å². The molecule has 9 nitrogen and oxygen atoms in total. The van der Waals surface area contributed by atoms with Crippen LogP contribution in [0.25, 0.3) is 0 Å². The highest BCUT2D eigenvalue weighted by Gasteiger charge is 2.32. The van der Waals surface area contributed by atoms with Crippen LogP contribution >= 0.6 is 0 Å². The number of guanidine groups is 1. The minimum atomic E-state index is -0.389. The lowest BCUT2D eigenvalue weighted by atomic mass is 9.82. The maximum atomic E-state index is 9.69. The van der Waals surface area contributed by atoms with E-state index in [-0.39, 0.29) is 5.41 Å². The summed E-state index contributed by atoms with van der Waals surface area (Å²) in [6.07, 6.45) is 8.65. The van der Waals surface area contributed by atoms with Gasteiger partial charge in [-0.3, -0.25) is 4.99 Å². The Labute approximate surface area is 202 Å². The number of pyridine rings is 1. The van der Waals surface area contributed by atoms with Gasteiger partial charge in [-0.2, -0.15) is 5.26 Å². The second-order valence-electron chi connectivity index (χ2n) is 9.44. The number of hydrogen-bond donors (Lipinski definition) is 3. The number of nitriles is 1. The van der Waals surface area contributed by atoms with Crippen molar-refractivity contribution in [3.05, 3.63) is 23.9 Å². The minimum Gasteiger partial charge on any atom is -0.383 e. The second kappa shape index (κ2) is 12.2. The Kier molecular flexibility index (Phi) is 8.85. The molecule has 0 aromatic carbocycles. The van der Waals surface area contributed by atoms with Gasteiger partial charge < -0.3 is 25.4 Å². The molecule has 0 atom stereocenters. The molecule has 4 rings (SSSR count). The van der Waals surface area contributed by atoms with Gasteiger partial charge in [-0.05, 0) is 50.7 Å². The summed E-state index contributed by atoms with van der Waals surface area (Å²) < 4.78 is 10.6. The van der Waals surface area contributed by atoms with E-state index >= 15 is 0 Å². The lowest BCUT2D eigenvalue weighted by molar-refractivity contribution is 0.0455. The van der Waals surface area contributed by atoms with E-state index in [4.69, 9.17) is 14.5 Å². The van der Waals surface area contributed by atoms with E-state index in [0.717, 1.165) is 87.7 Å². The fourth-order valence-electron chi connectivity index (χ4n) is 4.82. The van der Waals surface area contributed by atoms with Crippen LogP contribution in [0, 0.1) is 16.7 Å². The Balaban J connectivity index is 1.31. The van der Waals surface area contributed by atoms with Crippen LogP contribution < -0.4 is 16.0 Å². The molecule has 2 fully saturated rings. The van der Waals surface area contributed by atoms with Crippen LogP contribution in [0.4, 0.5) is 5.82 Å². The van der Waals surface area contributed by atoms with E-state index in [0.29, 0.717) is 31.8 Å². The van der Waals surface area contributed by atoms with E-state index < -0.39 is 0 Å². The molecule has 3 aliphatic rings. The van der Waals surface area contributed by atoms with Gasteiger partial charge in [0.2, 0.25) is 5.96 Å². The van der Waals surface area contributed by atoms with E-state index in [2.05, 4.69) is 32.0 Å². The summed E-state index contributed by atoms with van der Waals surface area (Å²) in [5, 5.41) is 20.2. The molecule has 3 N–H and O–H groups in total. The smallest absolute Gasteiger partial charge is 0.218 e. The van der Waals surface area contributed by atoms with Crippen LogP contribution in [0.1, 0.15) is 50.5 Å². The van der Waals surface area contributed by atoms with Gasteiger partial charge in [-0.15, -0.1) is 0 Å². The van der Waals surface area contributed by atoms with Gasteiger partial charge >= 0.3 is 0 Å². The number of rotatable bonds is 9. The highest BCUT2D eigenvalue weighted by atomic mass is 16.5. The molecule has 1 saturated heterocycles. The minimum absolute atomic E-state index is 0.389. The zero-order valence-electron chi connectivity index (χ0n) is 20.2. The summed E-state index contributed by atoms with van der Waals surface area (Å²) in [5.74, 6) is 1.52. The van der Waals surface area contributed by atoms with Crippen LogP contribution in [-0.4, -0.2) is 75.3 Å². The second-order valence-corrected chi connectivity index (χ2v) is 9.44. The first-order chi connectivity index (χ1) is 16.7. The zero-order valence-corrected chi connectivity index (χ0v) is 20.2. The number of hydrogen-bond acceptors (Lipinski definition) is 9. The van der Waals surface area contributed by atoms with Crippen molar-refractivity contribution >= 4 is 17.5 Å². The maximum Gasteiger partial charge on any atom is 0.218 e. The van der Waals surface area contributed by atoms with Crippen molar-refractivity contribution in [3.8, 4) is 6.07 Å². The van der Waals surface area contributed by atoms with Gasteiger partial charge in [-0.1, -0.05) is 0 Å². The monoisotopic (exact) mass is 467 g/mol. The topological polar surface area (TPSA) is 116 Å². The van der Waals surface area contributed by atoms with E-state index in [1.807, 2.05) is 12.1 Å². The molecule has 1 aromatic heterocycles. The zero-order chi connectivity index (χ0) is 23.6. The van der Waals surface area contributed by atoms with Gasteiger partial charge in [0.1, 0.15) is 5.82 Å². The van der Waals surface area contributed by atoms with Crippen molar-refractivity contribution in [2.75, 3.05) is 51.9 Å². The Morgan fingerprint density at radius 1 is 1.21 bits per heavy atom. The standard InChI is InChI=1S/C25H37N7O2/c1-33-15-12-27-20-2-4-21(5-3-20)31-24-29-11-7-22(32-24)19-6-10-28-23(16-19)30-18-25(17-26)8-13-34-14-9-25/h6,10,16,20-21,27H,2-5,7-9,11-15,18H2,1H3,(H,28,30)(H,29,31). The third-order valence-electron chi connectivity index (χ3n) is 7.04. The van der Waals surface area contributed by atoms with Crippen LogP contribution in [0.2, 0.25) is 0 Å². The van der Waals surface area contributed by atoms with Gasteiger partial charge in [0.15, 0.2) is 0 Å². The lowest BCUT2D eigenvalue weighted by Crippen LogP contribution is -2.43. The highest BCUT2D eigenvalue weighted by molar-refractivity contribution is 6.08. The number of ether oxygens (including phenoxy) is 2. The molecular weight excluding hydrogens is 430 g/mol. The summed E-state index contributed by atoms with van der Waals surface area (Å²) >= 11 is 0. The SMILES string of the molecule is COCCNC1CCC(NC2=NCCC(c3ccnc(NCC4(C#N)CCOCC4)c3)=N2)CC1. The van der Waals surface area contributed by atoms with Crippen LogP contribution in [0.15, 0.2) is 28.3 Å². The summed E-state index contributed by atoms with van der Waals surface area (Å²) in [5.41, 5.74) is 1.69. The van der Waals surface area contributed by atoms with E-state index in [9.17, 15) is 5.26 Å². The van der Waals surface area contributed by atoms with Gasteiger partial charge in [-0.25, -0.2) is 9.98 Å². The first-order valence-corrected chi connectivity index (χ1v) is 12.5. The third-order valence-corrected chi connectivity index (χ3v) is 7.04. The first-order valence-electron chi connectivity index (χ1n) is 12.5. The highest BCUT2D eigenvalue weighted by Crippen LogP contribution is 2.30. The number of methoxy groups -OCH3 is 1. The average Bonchev–Trinajstić information content (AvgIpc) is 2.90. The third kappa shape index (κ3) is 6.75. The molecule has 0 amide bonds. The number of anilines is 1. The van der Waals surface area contributed by atoms with Crippen molar-refractivity contribution < 1.29 is 9.47 Å². The summed E-state index contributed by atoms with van der Waals surface area (Å²) in [4.78, 5) is 13.9. The molecule has 1 aliphatic carbocycles. The van der Waals surface area contributed by atoms with E-state index in [1.54, 1.807) is 13.3 Å². The average molecular weight is 468 g/mol. The molecule has 0 bridgehead atoms. The predicted molar refractivity (Wildman–Crippen MR) is 133 cm³/mol. The molecule has 0 unspecified atom stereocenters. The molecule has 0 radical (unpaired) electrons. The molecule has 34 heavy (non-hydrogen) atoms. The maximum absolute atomic E-state index is 9.69. The van der Waals surface area contributed by atoms with Crippen LogP contribution in [0.5, 0.6) is 0 Å². The predicted octanol–water partition coefficient (Wildman–Crippen LogP) is 2.50. The first kappa shape index (κ1) is 24.6. The number of aliphatic imine (C=N–C) groups is 2. The fourth-order valence-corrected chi connectivity index (χ4v) is 4.82. The molecule has 0 spiro atoms. The largest absolute Gasteiger partial charge is 0.383 e. The Morgan fingerprint density at radius 3 is 2.76 bits per heavy atom. The molecule has 9 heteroatoms. The number of nitrogens with zero attached hydrogens (tertiary/aromatic N) is 4. The number of nitrogens with one attached hydrogen (secondary N) is 3. The number of aromatic nitrogens is 1. The Hall–Kier alpha value is -2.54. The lowest BCUT2D eigenvalue weighted by Gasteiger charge is -2.31. The molecule has 184 valence electrons. The van der Waals surface area contributed by atoms with Crippen molar-refractivity contribution in [2.45, 2.75) is 57.0 Å². The Bertz CT molecular complexity index is 897. The van der Waals surface area contributed by atoms with Crippen LogP contribution in [0.3, 0.4) is 0 Å². The summed E-state index contributed by atoms with van der Waals surface area (Å²) in [7, 11) is 1.74. The molecular formula is C25H37N7O2. The summed E-state index contributed by atoms with van der Waals surface area (Å²) in [6, 6.07) is 7.52. The molecule has 2 aliphatic heterocycles. The van der Waals surface area contributed by atoms with Gasteiger partial charge in [0.25, 0.3) is 0 Å². The van der Waals surface area contributed by atoms with Crippen molar-refractivity contribution in [1.29, 1.82) is 5.26 Å². The Morgan fingerprint density at radius 2 is 2.00 bits per heavy atom. The summed E-state index contributed by atoms with van der Waals surface area (Å²) in [6.45, 7) is 4.26. The normalized spacial score (nSPS) is 24.5. The van der Waals surface area contributed by atoms with Gasteiger partial charge in [0.05, 0.1) is 23.8 Å². The molecule has 1 aromatic rings.